The highest BCUT2D eigenvalue weighted by Gasteiger charge is 2.42. The van der Waals surface area contributed by atoms with Gasteiger partial charge in [-0.3, -0.25) is 43.2 Å². The highest BCUT2D eigenvalue weighted by Crippen LogP contribution is 2.33. The fourth-order valence-electron chi connectivity index (χ4n) is 4.86. The van der Waals surface area contributed by atoms with Gasteiger partial charge in [-0.15, -0.1) is 0 Å². The first-order valence-corrected chi connectivity index (χ1v) is 16.7. The molecule has 278 valence electrons. The molecule has 50 heavy (non-hydrogen) atoms. The summed E-state index contributed by atoms with van der Waals surface area (Å²) in [5, 5.41) is 35.5. The van der Waals surface area contributed by atoms with Crippen LogP contribution in [-0.2, 0) is 43.2 Å². The monoisotopic (exact) mass is 729 g/mol. The van der Waals surface area contributed by atoms with Crippen molar-refractivity contribution in [3.8, 4) is 0 Å². The highest BCUT2D eigenvalue weighted by atomic mass is 32.2. The van der Waals surface area contributed by atoms with Crippen molar-refractivity contribution in [2.24, 2.45) is 0 Å². The van der Waals surface area contributed by atoms with Crippen molar-refractivity contribution in [2.75, 3.05) is 64.7 Å². The molecule has 0 saturated carbocycles. The molecule has 0 spiro atoms. The van der Waals surface area contributed by atoms with Crippen LogP contribution >= 0.6 is 11.8 Å². The maximum atomic E-state index is 12.6. The second kappa shape index (κ2) is 21.0. The molecule has 1 unspecified atom stereocenters. The van der Waals surface area contributed by atoms with E-state index < -0.39 is 99.7 Å². The van der Waals surface area contributed by atoms with Gasteiger partial charge in [0.25, 0.3) is 0 Å². The Morgan fingerprint density at radius 1 is 0.680 bits per heavy atom. The van der Waals surface area contributed by atoms with Crippen molar-refractivity contribution in [3.05, 3.63) is 0 Å². The van der Waals surface area contributed by atoms with E-state index in [0.717, 1.165) is 18.6 Å². The van der Waals surface area contributed by atoms with E-state index in [1.165, 1.54) is 0 Å². The smallest absolute Gasteiger partial charge is 0.323 e. The van der Waals surface area contributed by atoms with Gasteiger partial charge in [-0.05, 0) is 19.8 Å². The van der Waals surface area contributed by atoms with E-state index in [1.807, 2.05) is 0 Å². The minimum absolute atomic E-state index is 0.0725. The normalized spacial score (nSPS) is 17.2. The number of thioether (sulfide) groups is 1. The number of urea groups is 1. The number of nitrogens with one attached hydrogen (secondary N) is 7. The molecule has 3 atom stereocenters. The number of unbranched alkanes of at least 4 members (excludes halogenated alkanes) is 1. The molecule has 22 heteroatoms. The van der Waals surface area contributed by atoms with Crippen molar-refractivity contribution in [1.29, 1.82) is 0 Å². The predicted octanol–water partition coefficient (Wildman–Crippen LogP) is -4.86. The van der Waals surface area contributed by atoms with Crippen LogP contribution in [0.5, 0.6) is 0 Å². The lowest BCUT2D eigenvalue weighted by molar-refractivity contribution is -0.146. The van der Waals surface area contributed by atoms with Crippen molar-refractivity contribution in [1.82, 2.24) is 47.0 Å². The van der Waals surface area contributed by atoms with Gasteiger partial charge < -0.3 is 57.2 Å². The number of hydrogen-bond donors (Lipinski definition) is 9. The van der Waals surface area contributed by atoms with E-state index in [9.17, 15) is 47.9 Å². The molecule has 0 aliphatic carbocycles. The molecule has 2 aliphatic heterocycles. The molecule has 2 saturated heterocycles. The molecule has 9 N–H and O–H groups in total. The molecular formula is C28H43N9O12S. The summed E-state index contributed by atoms with van der Waals surface area (Å²) in [6.45, 7) is -3.70. The predicted molar refractivity (Wildman–Crippen MR) is 173 cm³/mol. The van der Waals surface area contributed by atoms with Crippen molar-refractivity contribution >= 4 is 71.1 Å². The lowest BCUT2D eigenvalue weighted by atomic mass is 10.0. The summed E-state index contributed by atoms with van der Waals surface area (Å²) in [6, 6.07) is 0.0182. The number of likely N-dealkylation sites (N-methyl/N-ethyl adjacent to an activating group) is 1. The zero-order chi connectivity index (χ0) is 37.2. The van der Waals surface area contributed by atoms with Crippen LogP contribution in [0.2, 0.25) is 0 Å². The van der Waals surface area contributed by atoms with Crippen molar-refractivity contribution in [2.45, 2.75) is 49.9 Å². The topological polar surface area (TPSA) is 302 Å². The fourth-order valence-corrected chi connectivity index (χ4v) is 6.41. The number of carboxylic acid groups (broad SMARTS) is 2. The second-order valence-electron chi connectivity index (χ2n) is 11.2. The Balaban J connectivity index is 1.67. The van der Waals surface area contributed by atoms with Crippen LogP contribution in [0.1, 0.15) is 32.6 Å². The molecule has 2 rings (SSSR count). The Hall–Kier alpha value is -5.15. The van der Waals surface area contributed by atoms with Gasteiger partial charge in [0, 0.05) is 24.0 Å². The molecule has 21 nitrogen and oxygen atoms in total. The zero-order valence-corrected chi connectivity index (χ0v) is 28.2. The van der Waals surface area contributed by atoms with E-state index in [0.29, 0.717) is 16.2 Å². The number of nitrogens with zero attached hydrogens (tertiary/aromatic N) is 2. The maximum absolute atomic E-state index is 12.6. The van der Waals surface area contributed by atoms with Crippen LogP contribution in [0.4, 0.5) is 4.79 Å². The molecule has 2 heterocycles. The van der Waals surface area contributed by atoms with Crippen LogP contribution in [0.15, 0.2) is 0 Å². The van der Waals surface area contributed by atoms with Gasteiger partial charge in [0.05, 0.1) is 38.3 Å². The van der Waals surface area contributed by atoms with Crippen LogP contribution < -0.4 is 37.2 Å². The molecule has 0 aromatic rings. The largest absolute Gasteiger partial charge is 0.480 e. The average molecular weight is 730 g/mol. The molecular weight excluding hydrogens is 686 g/mol. The Kier molecular flexibility index (Phi) is 17.3. The molecule has 0 bridgehead atoms. The minimum atomic E-state index is -1.46. The molecule has 0 aromatic carbocycles. The molecule has 2 fully saturated rings. The summed E-state index contributed by atoms with van der Waals surface area (Å²) in [5.41, 5.74) is 0. The summed E-state index contributed by atoms with van der Waals surface area (Å²) >= 11 is 1.77. The van der Waals surface area contributed by atoms with Gasteiger partial charge in [-0.1, -0.05) is 6.42 Å². The number of aliphatic carboxylic acids is 2. The van der Waals surface area contributed by atoms with Crippen molar-refractivity contribution < 1.29 is 58.2 Å². The van der Waals surface area contributed by atoms with Crippen LogP contribution in [0.25, 0.3) is 0 Å². The quantitative estimate of drug-likeness (QED) is 0.0374. The Morgan fingerprint density at radius 2 is 1.18 bits per heavy atom. The van der Waals surface area contributed by atoms with Crippen LogP contribution in [-0.4, -0.2) is 161 Å². The standard InChI is InChI=1S/C28H43N9O12S/c1-2-29-21(41)11-36(13-25(45)46)23(43)9-33-20(40)8-31-22(42)12-37(14-26(47)48)24(44)10-32-19(39)7-30-18(38)6-4-3-5-17-27-16(15-50-17)34-28(49)35-27/h16-17,27H,2-15H2,1H3,(H,29,41)(H,30,38)(H,31,42)(H,32,39)(H,33,40)(H,45,46)(H,47,48)(H2,34,35,49)/t16-,17?,27-/m1/s1. The van der Waals surface area contributed by atoms with Crippen LogP contribution in [0.3, 0.4) is 0 Å². The number of amides is 9. The second-order valence-corrected chi connectivity index (χ2v) is 12.5. The first-order valence-electron chi connectivity index (χ1n) is 15.7. The number of rotatable bonds is 22. The van der Waals surface area contributed by atoms with E-state index in [1.54, 1.807) is 18.7 Å². The van der Waals surface area contributed by atoms with E-state index in [-0.39, 0.29) is 42.2 Å². The number of carbonyl (C=O) groups is 10. The summed E-state index contributed by atoms with van der Waals surface area (Å²) in [5.74, 6) is -7.39. The SMILES string of the molecule is CCNC(=O)CN(CC(=O)O)C(=O)CNC(=O)CNC(=O)CN(CC(=O)O)C(=O)CNC(=O)CNC(=O)CCCCC1SC[C@H]2NC(=O)N[C@@H]12. The molecule has 9 amide bonds. The fraction of sp³-hybridized carbons (Fsp3) is 0.643. The zero-order valence-electron chi connectivity index (χ0n) is 27.4. The maximum Gasteiger partial charge on any atom is 0.323 e. The Bertz CT molecular complexity index is 1320. The summed E-state index contributed by atoms with van der Waals surface area (Å²) in [6.07, 6.45) is 2.30. The third-order valence-corrected chi connectivity index (χ3v) is 8.76. The van der Waals surface area contributed by atoms with Gasteiger partial charge in [0.2, 0.25) is 41.4 Å². The van der Waals surface area contributed by atoms with E-state index >= 15 is 0 Å². The van der Waals surface area contributed by atoms with E-state index in [4.69, 9.17) is 10.2 Å². The minimum Gasteiger partial charge on any atom is -0.480 e. The lowest BCUT2D eigenvalue weighted by Crippen LogP contribution is -2.50. The highest BCUT2D eigenvalue weighted by molar-refractivity contribution is 8.00. The van der Waals surface area contributed by atoms with E-state index in [2.05, 4.69) is 37.2 Å². The summed E-state index contributed by atoms with van der Waals surface area (Å²) in [4.78, 5) is 120. The number of carboxylic acids is 2. The first kappa shape index (κ1) is 41.0. The summed E-state index contributed by atoms with van der Waals surface area (Å²) < 4.78 is 0. The number of fused-ring (bicyclic) bond motifs is 1. The molecule has 2 aliphatic rings. The molecule has 0 radical (unpaired) electrons. The average Bonchev–Trinajstić information content (AvgIpc) is 3.60. The van der Waals surface area contributed by atoms with Gasteiger partial charge in [0.15, 0.2) is 0 Å². The Labute approximate surface area is 290 Å². The van der Waals surface area contributed by atoms with Gasteiger partial charge >= 0.3 is 18.0 Å². The van der Waals surface area contributed by atoms with Crippen molar-refractivity contribution in [3.63, 3.8) is 0 Å². The number of carbonyl (C=O) groups excluding carboxylic acids is 8. The van der Waals surface area contributed by atoms with Gasteiger partial charge in [0.1, 0.15) is 26.2 Å². The lowest BCUT2D eigenvalue weighted by Gasteiger charge is -2.21. The third-order valence-electron chi connectivity index (χ3n) is 7.25. The third kappa shape index (κ3) is 15.4. The van der Waals surface area contributed by atoms with Gasteiger partial charge in [-0.2, -0.15) is 11.8 Å². The Morgan fingerprint density at radius 3 is 1.70 bits per heavy atom. The summed E-state index contributed by atoms with van der Waals surface area (Å²) in [7, 11) is 0. The first-order chi connectivity index (χ1) is 23.7. The number of hydrogen-bond acceptors (Lipinski definition) is 11. The molecule has 0 aromatic heterocycles. The van der Waals surface area contributed by atoms with Crippen LogP contribution in [0, 0.1) is 0 Å². The van der Waals surface area contributed by atoms with Gasteiger partial charge in [-0.25, -0.2) is 4.79 Å².